The molecule has 3 N–H and O–H groups in total. The smallest absolute Gasteiger partial charge is 0.243 e. The molecular weight excluding hydrogens is 351 g/mol. The van der Waals surface area contributed by atoms with E-state index in [0.29, 0.717) is 0 Å². The third kappa shape index (κ3) is 5.18. The lowest BCUT2D eigenvalue weighted by atomic mass is 10.1. The molecule has 0 aliphatic heterocycles. The molecule has 4 nitrogen and oxygen atoms in total. The molecule has 0 aromatic heterocycles. The van der Waals surface area contributed by atoms with Gasteiger partial charge in [-0.1, -0.05) is 19.1 Å². The van der Waals surface area contributed by atoms with E-state index in [9.17, 15) is 18.0 Å². The molecule has 0 unspecified atom stereocenters. The van der Waals surface area contributed by atoms with E-state index in [4.69, 9.17) is 12.2 Å². The van der Waals surface area contributed by atoms with Crippen LogP contribution in [-0.4, -0.2) is 17.6 Å². The minimum absolute atomic E-state index is 0.199. The maximum absolute atomic E-state index is 13.5. The number of anilines is 2. The van der Waals surface area contributed by atoms with Crippen LogP contribution in [-0.2, 0) is 11.2 Å². The molecule has 0 saturated heterocycles. The lowest BCUT2D eigenvalue weighted by Crippen LogP contribution is -2.35. The van der Waals surface area contributed by atoms with Crippen LogP contribution in [0.25, 0.3) is 0 Å². The Balaban J connectivity index is 1.85. The highest BCUT2D eigenvalue weighted by Gasteiger charge is 2.15. The highest BCUT2D eigenvalue weighted by Crippen LogP contribution is 2.19. The Hall–Kier alpha value is -2.61. The topological polar surface area (TPSA) is 53.2 Å². The van der Waals surface area contributed by atoms with E-state index in [2.05, 4.69) is 16.0 Å². The molecule has 0 heterocycles. The zero-order chi connectivity index (χ0) is 18.4. The first-order valence-corrected chi connectivity index (χ1v) is 7.88. The summed E-state index contributed by atoms with van der Waals surface area (Å²) in [5.74, 6) is -5.08. The van der Waals surface area contributed by atoms with Gasteiger partial charge in [-0.15, -0.1) is 0 Å². The van der Waals surface area contributed by atoms with Crippen molar-refractivity contribution >= 4 is 34.6 Å². The van der Waals surface area contributed by atoms with Crippen molar-refractivity contribution in [2.75, 3.05) is 17.2 Å². The number of thiocarbonyl (C=S) groups is 1. The Bertz CT molecular complexity index is 781. The molecule has 0 spiro atoms. The van der Waals surface area contributed by atoms with Crippen molar-refractivity contribution in [2.24, 2.45) is 0 Å². The van der Waals surface area contributed by atoms with Gasteiger partial charge in [-0.2, -0.15) is 0 Å². The van der Waals surface area contributed by atoms with E-state index in [0.717, 1.165) is 24.2 Å². The molecule has 0 aliphatic rings. The molecule has 132 valence electrons. The van der Waals surface area contributed by atoms with Crippen molar-refractivity contribution in [3.8, 4) is 0 Å². The summed E-state index contributed by atoms with van der Waals surface area (Å²) in [6.07, 6.45) is 0.920. The minimum atomic E-state index is -1.64. The molecule has 0 aliphatic carbocycles. The molecule has 25 heavy (non-hydrogen) atoms. The highest BCUT2D eigenvalue weighted by molar-refractivity contribution is 7.80. The molecular formula is C17H16F3N3OS. The summed E-state index contributed by atoms with van der Waals surface area (Å²) in [7, 11) is 0. The fourth-order valence-corrected chi connectivity index (χ4v) is 2.17. The summed E-state index contributed by atoms with van der Waals surface area (Å²) >= 11 is 5.06. The maximum Gasteiger partial charge on any atom is 0.243 e. The number of rotatable bonds is 5. The average molecular weight is 367 g/mol. The third-order valence-corrected chi connectivity index (χ3v) is 3.59. The molecule has 1 amide bonds. The van der Waals surface area contributed by atoms with Crippen LogP contribution in [0, 0.1) is 17.5 Å². The Labute approximate surface area is 148 Å². The Morgan fingerprint density at radius 2 is 1.68 bits per heavy atom. The zero-order valence-corrected chi connectivity index (χ0v) is 14.1. The maximum atomic E-state index is 13.5. The van der Waals surface area contributed by atoms with Gasteiger partial charge in [0.05, 0.1) is 12.2 Å². The van der Waals surface area contributed by atoms with Crippen LogP contribution in [0.5, 0.6) is 0 Å². The van der Waals surface area contributed by atoms with Crippen LogP contribution in [0.3, 0.4) is 0 Å². The van der Waals surface area contributed by atoms with Crippen LogP contribution in [0.2, 0.25) is 0 Å². The SMILES string of the molecule is CCc1ccc(NC(=S)NCC(=O)Nc2ccc(F)c(F)c2F)cc1. The third-order valence-electron chi connectivity index (χ3n) is 3.34. The number of hydrogen-bond acceptors (Lipinski definition) is 2. The fourth-order valence-electron chi connectivity index (χ4n) is 1.98. The number of benzene rings is 2. The number of hydrogen-bond donors (Lipinski definition) is 3. The second kappa shape index (κ2) is 8.48. The first-order valence-electron chi connectivity index (χ1n) is 7.48. The van der Waals surface area contributed by atoms with Gasteiger partial charge in [-0.25, -0.2) is 13.2 Å². The van der Waals surface area contributed by atoms with Crippen molar-refractivity contribution in [3.63, 3.8) is 0 Å². The molecule has 0 radical (unpaired) electrons. The van der Waals surface area contributed by atoms with E-state index >= 15 is 0 Å². The number of amides is 1. The molecule has 8 heteroatoms. The fraction of sp³-hybridized carbons (Fsp3) is 0.176. The lowest BCUT2D eigenvalue weighted by Gasteiger charge is -2.11. The van der Waals surface area contributed by atoms with Gasteiger partial charge in [0.1, 0.15) is 0 Å². The van der Waals surface area contributed by atoms with Gasteiger partial charge in [0.15, 0.2) is 22.6 Å². The normalized spacial score (nSPS) is 10.2. The number of carbonyl (C=O) groups is 1. The van der Waals surface area contributed by atoms with Gasteiger partial charge in [0.2, 0.25) is 5.91 Å². The summed E-state index contributed by atoms with van der Waals surface area (Å²) in [6, 6.07) is 9.27. The number of aryl methyl sites for hydroxylation is 1. The molecule has 2 aromatic rings. The van der Waals surface area contributed by atoms with Crippen LogP contribution >= 0.6 is 12.2 Å². The van der Waals surface area contributed by atoms with Gasteiger partial charge in [0.25, 0.3) is 0 Å². The first kappa shape index (κ1) is 18.7. The van der Waals surface area contributed by atoms with Crippen LogP contribution in [0.15, 0.2) is 36.4 Å². The Kier molecular flexibility index (Phi) is 6.35. The van der Waals surface area contributed by atoms with E-state index in [1.807, 2.05) is 31.2 Å². The largest absolute Gasteiger partial charge is 0.353 e. The van der Waals surface area contributed by atoms with Gasteiger partial charge in [-0.05, 0) is 48.5 Å². The summed E-state index contributed by atoms with van der Waals surface area (Å²) in [6.45, 7) is 1.78. The van der Waals surface area contributed by atoms with E-state index in [1.54, 1.807) is 0 Å². The molecule has 0 atom stereocenters. The summed E-state index contributed by atoms with van der Waals surface area (Å²) in [5, 5.41) is 7.88. The van der Waals surface area contributed by atoms with E-state index < -0.39 is 29.0 Å². The van der Waals surface area contributed by atoms with Crippen molar-refractivity contribution in [2.45, 2.75) is 13.3 Å². The Morgan fingerprint density at radius 3 is 2.32 bits per heavy atom. The standard InChI is InChI=1S/C17H16F3N3OS/c1-2-10-3-5-11(6-4-10)22-17(25)21-9-14(24)23-13-8-7-12(18)15(19)16(13)20/h3-8H,2,9H2,1H3,(H,23,24)(H2,21,22,25). The second-order valence-corrected chi connectivity index (χ2v) is 5.54. The quantitative estimate of drug-likeness (QED) is 0.558. The zero-order valence-electron chi connectivity index (χ0n) is 13.3. The summed E-state index contributed by atoms with van der Waals surface area (Å²) in [5.41, 5.74) is 1.49. The number of carbonyl (C=O) groups excluding carboxylic acids is 1. The lowest BCUT2D eigenvalue weighted by molar-refractivity contribution is -0.115. The molecule has 0 saturated carbocycles. The van der Waals surface area contributed by atoms with E-state index in [1.165, 1.54) is 5.56 Å². The minimum Gasteiger partial charge on any atom is -0.353 e. The predicted octanol–water partition coefficient (Wildman–Crippen LogP) is 3.59. The van der Waals surface area contributed by atoms with Crippen LogP contribution in [0.4, 0.5) is 24.5 Å². The van der Waals surface area contributed by atoms with Crippen molar-refractivity contribution in [1.82, 2.24) is 5.32 Å². The van der Waals surface area contributed by atoms with Crippen molar-refractivity contribution in [3.05, 3.63) is 59.4 Å². The number of nitrogens with one attached hydrogen (secondary N) is 3. The molecule has 0 bridgehead atoms. The van der Waals surface area contributed by atoms with Crippen LogP contribution < -0.4 is 16.0 Å². The Morgan fingerprint density at radius 1 is 1.00 bits per heavy atom. The van der Waals surface area contributed by atoms with Gasteiger partial charge < -0.3 is 16.0 Å². The molecule has 2 aromatic carbocycles. The van der Waals surface area contributed by atoms with Crippen LogP contribution in [0.1, 0.15) is 12.5 Å². The number of halogens is 3. The summed E-state index contributed by atoms with van der Waals surface area (Å²) < 4.78 is 39.4. The monoisotopic (exact) mass is 367 g/mol. The highest BCUT2D eigenvalue weighted by atomic mass is 32.1. The average Bonchev–Trinajstić information content (AvgIpc) is 2.61. The van der Waals surface area contributed by atoms with Crippen molar-refractivity contribution in [1.29, 1.82) is 0 Å². The van der Waals surface area contributed by atoms with E-state index in [-0.39, 0.29) is 11.7 Å². The second-order valence-electron chi connectivity index (χ2n) is 5.13. The van der Waals surface area contributed by atoms with Crippen molar-refractivity contribution < 1.29 is 18.0 Å². The molecule has 2 rings (SSSR count). The van der Waals surface area contributed by atoms with Gasteiger partial charge in [0, 0.05) is 5.69 Å². The predicted molar refractivity (Wildman–Crippen MR) is 95.0 cm³/mol. The summed E-state index contributed by atoms with van der Waals surface area (Å²) in [4.78, 5) is 11.8. The molecule has 0 fully saturated rings. The van der Waals surface area contributed by atoms with Gasteiger partial charge in [-0.3, -0.25) is 4.79 Å². The first-order chi connectivity index (χ1) is 11.9. The van der Waals surface area contributed by atoms with Gasteiger partial charge >= 0.3 is 0 Å².